The third-order valence-corrected chi connectivity index (χ3v) is 5.69. The molecular weight excluding hydrogens is 373 g/mol. The molecule has 1 unspecified atom stereocenters. The van der Waals surface area contributed by atoms with Crippen LogP contribution < -0.4 is 4.90 Å². The third kappa shape index (κ3) is 4.15. The smallest absolute Gasteiger partial charge is 0.272 e. The van der Waals surface area contributed by atoms with Crippen LogP contribution in [0.1, 0.15) is 35.3 Å². The number of nitrogens with zero attached hydrogens (tertiary/aromatic N) is 3. The SMILES string of the molecule is Cc1ccnc(C(=O)N2CCCC3(CC2)CN(c2cccc(F)c2)C(=O)CO3)c1. The maximum absolute atomic E-state index is 13.7. The second-order valence-corrected chi connectivity index (χ2v) is 7.80. The molecular formula is C22H24FN3O3. The van der Waals surface area contributed by atoms with E-state index in [0.717, 1.165) is 18.4 Å². The number of ether oxygens (including phenoxy) is 1. The van der Waals surface area contributed by atoms with Gasteiger partial charge in [-0.05, 0) is 62.1 Å². The summed E-state index contributed by atoms with van der Waals surface area (Å²) in [6.45, 7) is 3.40. The summed E-state index contributed by atoms with van der Waals surface area (Å²) in [4.78, 5) is 32.9. The van der Waals surface area contributed by atoms with Crippen LogP contribution in [0, 0.1) is 12.7 Å². The van der Waals surface area contributed by atoms with Gasteiger partial charge in [0.15, 0.2) is 0 Å². The normalized spacial score (nSPS) is 22.6. The van der Waals surface area contributed by atoms with Crippen molar-refractivity contribution >= 4 is 17.5 Å². The van der Waals surface area contributed by atoms with Gasteiger partial charge < -0.3 is 14.5 Å². The van der Waals surface area contributed by atoms with Crippen molar-refractivity contribution in [1.82, 2.24) is 9.88 Å². The number of morpholine rings is 1. The Kier molecular flexibility index (Phi) is 5.32. The maximum atomic E-state index is 13.7. The molecule has 2 aromatic rings. The number of aromatic nitrogens is 1. The monoisotopic (exact) mass is 397 g/mol. The van der Waals surface area contributed by atoms with E-state index in [1.165, 1.54) is 12.1 Å². The van der Waals surface area contributed by atoms with E-state index in [0.29, 0.717) is 37.4 Å². The molecule has 2 amide bonds. The topological polar surface area (TPSA) is 62.7 Å². The number of likely N-dealkylation sites (tertiary alicyclic amines) is 1. The van der Waals surface area contributed by atoms with Crippen LogP contribution in [0.4, 0.5) is 10.1 Å². The Morgan fingerprint density at radius 3 is 2.86 bits per heavy atom. The van der Waals surface area contributed by atoms with Gasteiger partial charge in [-0.1, -0.05) is 6.07 Å². The van der Waals surface area contributed by atoms with Crippen LogP contribution in [0.15, 0.2) is 42.6 Å². The Morgan fingerprint density at radius 2 is 2.07 bits per heavy atom. The molecule has 0 N–H and O–H groups in total. The van der Waals surface area contributed by atoms with Crippen molar-refractivity contribution in [2.24, 2.45) is 0 Å². The molecule has 2 aliphatic rings. The highest BCUT2D eigenvalue weighted by Gasteiger charge is 2.42. The van der Waals surface area contributed by atoms with Crippen molar-refractivity contribution in [3.63, 3.8) is 0 Å². The van der Waals surface area contributed by atoms with Crippen molar-refractivity contribution in [1.29, 1.82) is 0 Å². The minimum Gasteiger partial charge on any atom is -0.363 e. The summed E-state index contributed by atoms with van der Waals surface area (Å²) >= 11 is 0. The first-order valence-corrected chi connectivity index (χ1v) is 9.88. The zero-order chi connectivity index (χ0) is 20.4. The van der Waals surface area contributed by atoms with Crippen molar-refractivity contribution in [3.05, 3.63) is 59.7 Å². The fraction of sp³-hybridized carbons (Fsp3) is 0.409. The highest BCUT2D eigenvalue weighted by molar-refractivity contribution is 5.95. The van der Waals surface area contributed by atoms with Gasteiger partial charge in [-0.25, -0.2) is 4.39 Å². The van der Waals surface area contributed by atoms with Crippen LogP contribution in [-0.4, -0.2) is 53.5 Å². The van der Waals surface area contributed by atoms with Crippen molar-refractivity contribution < 1.29 is 18.7 Å². The van der Waals surface area contributed by atoms with Crippen LogP contribution in [0.25, 0.3) is 0 Å². The van der Waals surface area contributed by atoms with Gasteiger partial charge in [0.1, 0.15) is 18.1 Å². The Balaban J connectivity index is 1.49. The van der Waals surface area contributed by atoms with Crippen molar-refractivity contribution in [3.8, 4) is 0 Å². The van der Waals surface area contributed by atoms with Crippen LogP contribution in [0.2, 0.25) is 0 Å². The second kappa shape index (κ2) is 7.91. The third-order valence-electron chi connectivity index (χ3n) is 5.69. The van der Waals surface area contributed by atoms with E-state index in [-0.39, 0.29) is 24.2 Å². The molecule has 0 radical (unpaired) electrons. The Labute approximate surface area is 169 Å². The second-order valence-electron chi connectivity index (χ2n) is 7.80. The van der Waals surface area contributed by atoms with Gasteiger partial charge >= 0.3 is 0 Å². The molecule has 7 heteroatoms. The van der Waals surface area contributed by atoms with E-state index in [1.54, 1.807) is 29.3 Å². The number of halogens is 1. The molecule has 0 saturated carbocycles. The molecule has 4 rings (SSSR count). The van der Waals surface area contributed by atoms with Gasteiger partial charge in [0.25, 0.3) is 11.8 Å². The van der Waals surface area contributed by atoms with E-state index in [9.17, 15) is 14.0 Å². The molecule has 1 spiro atoms. The summed E-state index contributed by atoms with van der Waals surface area (Å²) in [5, 5.41) is 0. The summed E-state index contributed by atoms with van der Waals surface area (Å²) in [5.74, 6) is -0.638. The van der Waals surface area contributed by atoms with E-state index >= 15 is 0 Å². The van der Waals surface area contributed by atoms with Gasteiger partial charge in [-0.15, -0.1) is 0 Å². The van der Waals surface area contributed by atoms with E-state index in [4.69, 9.17) is 4.74 Å². The standard InChI is InChI=1S/C22H24FN3O3/c1-16-6-9-24-19(12-16)21(28)25-10-3-7-22(8-11-25)15-26(20(27)14-29-22)18-5-2-4-17(23)13-18/h2,4-6,9,12-13H,3,7-8,10-11,14-15H2,1H3. The summed E-state index contributed by atoms with van der Waals surface area (Å²) in [5.41, 5.74) is 1.45. The maximum Gasteiger partial charge on any atom is 0.272 e. The lowest BCUT2D eigenvalue weighted by Crippen LogP contribution is -2.55. The number of amides is 2. The molecule has 1 aromatic heterocycles. The van der Waals surface area contributed by atoms with Gasteiger partial charge in [0.05, 0.1) is 12.1 Å². The predicted octanol–water partition coefficient (Wildman–Crippen LogP) is 2.96. The summed E-state index contributed by atoms with van der Waals surface area (Å²) < 4.78 is 19.7. The molecule has 3 heterocycles. The fourth-order valence-corrected chi connectivity index (χ4v) is 4.08. The van der Waals surface area contributed by atoms with Crippen molar-refractivity contribution in [2.75, 3.05) is 31.1 Å². The average molecular weight is 397 g/mol. The largest absolute Gasteiger partial charge is 0.363 e. The summed E-state index contributed by atoms with van der Waals surface area (Å²) in [6.07, 6.45) is 3.76. The number of pyridine rings is 1. The van der Waals surface area contributed by atoms with E-state index in [1.807, 2.05) is 17.9 Å². The Morgan fingerprint density at radius 1 is 1.21 bits per heavy atom. The molecule has 152 valence electrons. The van der Waals surface area contributed by atoms with Crippen LogP contribution in [0.5, 0.6) is 0 Å². The Hall–Kier alpha value is -2.80. The molecule has 0 bridgehead atoms. The summed E-state index contributed by atoms with van der Waals surface area (Å²) in [6, 6.07) is 9.72. The van der Waals surface area contributed by atoms with Gasteiger partial charge in [0, 0.05) is 25.0 Å². The highest BCUT2D eigenvalue weighted by Crippen LogP contribution is 2.33. The van der Waals surface area contributed by atoms with Crippen LogP contribution >= 0.6 is 0 Å². The van der Waals surface area contributed by atoms with Gasteiger partial charge in [-0.2, -0.15) is 0 Å². The van der Waals surface area contributed by atoms with Crippen LogP contribution in [-0.2, 0) is 9.53 Å². The first kappa shape index (κ1) is 19.5. The number of aryl methyl sites for hydroxylation is 1. The molecule has 6 nitrogen and oxygen atoms in total. The minimum absolute atomic E-state index is 0.0378. The summed E-state index contributed by atoms with van der Waals surface area (Å²) in [7, 11) is 0. The van der Waals surface area contributed by atoms with Gasteiger partial charge in [0.2, 0.25) is 0 Å². The van der Waals surface area contributed by atoms with Crippen LogP contribution in [0.3, 0.4) is 0 Å². The number of rotatable bonds is 2. The molecule has 29 heavy (non-hydrogen) atoms. The first-order valence-electron chi connectivity index (χ1n) is 9.88. The fourth-order valence-electron chi connectivity index (χ4n) is 4.08. The zero-order valence-corrected chi connectivity index (χ0v) is 16.4. The molecule has 1 atom stereocenters. The number of anilines is 1. The molecule has 2 fully saturated rings. The lowest BCUT2D eigenvalue weighted by Gasteiger charge is -2.42. The number of hydrogen-bond acceptors (Lipinski definition) is 4. The van der Waals surface area contributed by atoms with E-state index in [2.05, 4.69) is 4.98 Å². The lowest BCUT2D eigenvalue weighted by molar-refractivity contribution is -0.140. The zero-order valence-electron chi connectivity index (χ0n) is 16.4. The molecule has 0 aliphatic carbocycles. The van der Waals surface area contributed by atoms with E-state index < -0.39 is 5.60 Å². The lowest BCUT2D eigenvalue weighted by atomic mass is 9.92. The quantitative estimate of drug-likeness (QED) is 0.782. The first-order chi connectivity index (χ1) is 14.0. The highest BCUT2D eigenvalue weighted by atomic mass is 19.1. The number of benzene rings is 1. The predicted molar refractivity (Wildman–Crippen MR) is 106 cm³/mol. The molecule has 2 saturated heterocycles. The Bertz CT molecular complexity index is 935. The number of carbonyl (C=O) groups excluding carboxylic acids is 2. The number of hydrogen-bond donors (Lipinski definition) is 0. The van der Waals surface area contributed by atoms with Gasteiger partial charge in [-0.3, -0.25) is 14.6 Å². The molecule has 2 aliphatic heterocycles. The number of carbonyl (C=O) groups is 2. The minimum atomic E-state index is -0.532. The van der Waals surface area contributed by atoms with Crippen molar-refractivity contribution in [2.45, 2.75) is 31.8 Å². The molecule has 1 aromatic carbocycles. The average Bonchev–Trinajstić information content (AvgIpc) is 2.92.